The normalized spacial score (nSPS) is 12.9. The van der Waals surface area contributed by atoms with Gasteiger partial charge in [0.2, 0.25) is 11.9 Å². The fourth-order valence-electron chi connectivity index (χ4n) is 4.93. The van der Waals surface area contributed by atoms with Crippen molar-refractivity contribution in [1.29, 1.82) is 0 Å². The molecule has 0 aliphatic carbocycles. The van der Waals surface area contributed by atoms with Gasteiger partial charge in [0.15, 0.2) is 5.82 Å². The molecule has 9 nitrogen and oxygen atoms in total. The van der Waals surface area contributed by atoms with Crippen molar-refractivity contribution in [2.24, 2.45) is 5.41 Å². The van der Waals surface area contributed by atoms with Crippen LogP contribution in [0.4, 0.5) is 17.5 Å². The summed E-state index contributed by atoms with van der Waals surface area (Å²) in [7, 11) is 0. The number of aromatic nitrogens is 3. The molecule has 1 aliphatic heterocycles. The van der Waals surface area contributed by atoms with E-state index < -0.39 is 5.41 Å². The van der Waals surface area contributed by atoms with E-state index in [1.54, 1.807) is 0 Å². The molecule has 1 aliphatic rings. The number of hydrogen-bond donors (Lipinski definition) is 4. The lowest BCUT2D eigenvalue weighted by Crippen LogP contribution is -2.28. The number of benzene rings is 2. The van der Waals surface area contributed by atoms with Crippen molar-refractivity contribution < 1.29 is 14.6 Å². The quantitative estimate of drug-likeness (QED) is 0.219. The third-order valence-corrected chi connectivity index (χ3v) is 7.08. The van der Waals surface area contributed by atoms with E-state index in [0.29, 0.717) is 25.6 Å². The number of aliphatic hydroxyl groups excluding tert-OH is 1. The minimum absolute atomic E-state index is 0.0204. The van der Waals surface area contributed by atoms with Crippen molar-refractivity contribution in [2.75, 3.05) is 30.0 Å². The molecule has 1 amide bonds. The van der Waals surface area contributed by atoms with E-state index in [1.165, 1.54) is 19.3 Å². The molecule has 3 heterocycles. The summed E-state index contributed by atoms with van der Waals surface area (Å²) in [5, 5.41) is 12.4. The predicted octanol–water partition coefficient (Wildman–Crippen LogP) is 5.67. The Balaban J connectivity index is 0.000000470. The Bertz CT molecular complexity index is 1480. The fourth-order valence-corrected chi connectivity index (χ4v) is 4.93. The Morgan fingerprint density at radius 1 is 1.10 bits per heavy atom. The van der Waals surface area contributed by atoms with Crippen molar-refractivity contribution in [3.05, 3.63) is 47.5 Å². The molecule has 214 valence electrons. The number of anilines is 3. The minimum atomic E-state index is -0.483. The van der Waals surface area contributed by atoms with Crippen LogP contribution in [0.1, 0.15) is 70.9 Å². The lowest BCUT2D eigenvalue weighted by molar-refractivity contribution is -0.123. The van der Waals surface area contributed by atoms with Gasteiger partial charge in [-0.05, 0) is 31.4 Å². The van der Waals surface area contributed by atoms with Gasteiger partial charge in [0, 0.05) is 34.2 Å². The van der Waals surface area contributed by atoms with E-state index in [1.807, 2.05) is 57.2 Å². The Labute approximate surface area is 235 Å². The highest BCUT2D eigenvalue weighted by Crippen LogP contribution is 2.38. The van der Waals surface area contributed by atoms with E-state index in [4.69, 9.17) is 21.3 Å². The smallest absolute Gasteiger partial charge is 0.229 e. The second-order valence-corrected chi connectivity index (χ2v) is 11.3. The summed E-state index contributed by atoms with van der Waals surface area (Å²) in [5.41, 5.74) is 17.0. The Hall–Kier alpha value is -3.85. The molecule has 40 heavy (non-hydrogen) atoms. The van der Waals surface area contributed by atoms with E-state index in [2.05, 4.69) is 26.8 Å². The first-order valence-electron chi connectivity index (χ1n) is 14.2. The van der Waals surface area contributed by atoms with Crippen molar-refractivity contribution in [2.45, 2.75) is 72.8 Å². The third-order valence-electron chi connectivity index (χ3n) is 7.08. The average molecular weight is 547 g/mol. The summed E-state index contributed by atoms with van der Waals surface area (Å²) in [5.74, 6) is 1.31. The summed E-state index contributed by atoms with van der Waals surface area (Å²) in [6.07, 6.45) is 6.43. The van der Waals surface area contributed by atoms with Crippen LogP contribution in [0.15, 0.2) is 36.4 Å². The van der Waals surface area contributed by atoms with E-state index >= 15 is 0 Å². The molecule has 0 bridgehead atoms. The number of fused-ring (bicyclic) bond motifs is 4. The monoisotopic (exact) mass is 546 g/mol. The van der Waals surface area contributed by atoms with Crippen molar-refractivity contribution in [1.82, 2.24) is 14.5 Å². The number of rotatable bonds is 7. The van der Waals surface area contributed by atoms with Crippen LogP contribution < -0.4 is 21.5 Å². The number of hydrogen-bond acceptors (Lipinski definition) is 7. The number of carbonyl (C=O) groups excluding carboxylic acids is 1. The van der Waals surface area contributed by atoms with E-state index in [-0.39, 0.29) is 11.9 Å². The molecule has 0 saturated carbocycles. The molecule has 0 unspecified atom stereocenters. The Kier molecular flexibility index (Phi) is 9.14. The number of para-hydroxylation sites is 1. The number of nitrogens with zero attached hydrogens (tertiary/aromatic N) is 3. The summed E-state index contributed by atoms with van der Waals surface area (Å²) in [6.45, 7) is 9.41. The molecule has 0 fully saturated rings. The molecule has 0 spiro atoms. The molecule has 2 aromatic heterocycles. The number of unbranched alkanes of at least 4 members (excludes halogenated alkanes) is 3. The zero-order valence-corrected chi connectivity index (χ0v) is 24.1. The van der Waals surface area contributed by atoms with Crippen LogP contribution in [0.25, 0.3) is 21.9 Å². The maximum Gasteiger partial charge on any atom is 0.229 e. The largest absolute Gasteiger partial charge is 0.493 e. The molecule has 6 N–H and O–H groups in total. The minimum Gasteiger partial charge on any atom is -0.493 e. The summed E-state index contributed by atoms with van der Waals surface area (Å²) in [6, 6.07) is 12.0. The van der Waals surface area contributed by atoms with Gasteiger partial charge < -0.3 is 31.2 Å². The van der Waals surface area contributed by atoms with Gasteiger partial charge in [-0.1, -0.05) is 71.2 Å². The number of nitrogens with one attached hydrogen (secondary N) is 1. The number of amides is 1. The molecular formula is C31H42N6O3. The highest BCUT2D eigenvalue weighted by Gasteiger charge is 2.26. The van der Waals surface area contributed by atoms with Crippen LogP contribution in [0.3, 0.4) is 0 Å². The summed E-state index contributed by atoms with van der Waals surface area (Å²) in [4.78, 5) is 21.3. The molecule has 0 saturated heterocycles. The zero-order valence-electron chi connectivity index (χ0n) is 24.1. The van der Waals surface area contributed by atoms with Gasteiger partial charge in [-0.15, -0.1) is 0 Å². The van der Waals surface area contributed by atoms with Crippen molar-refractivity contribution in [3.63, 3.8) is 0 Å². The molecule has 5 rings (SSSR count). The first-order chi connectivity index (χ1) is 19.2. The van der Waals surface area contributed by atoms with Crippen LogP contribution in [-0.4, -0.2) is 38.8 Å². The van der Waals surface area contributed by atoms with Gasteiger partial charge in [-0.3, -0.25) is 4.79 Å². The van der Waals surface area contributed by atoms with Gasteiger partial charge >= 0.3 is 0 Å². The first kappa shape index (κ1) is 29.1. The molecule has 0 radical (unpaired) electrons. The molecule has 4 aromatic rings. The Morgan fingerprint density at radius 2 is 1.88 bits per heavy atom. The highest BCUT2D eigenvalue weighted by molar-refractivity contribution is 6.09. The van der Waals surface area contributed by atoms with Crippen molar-refractivity contribution >= 4 is 45.3 Å². The maximum absolute atomic E-state index is 12.6. The lowest BCUT2D eigenvalue weighted by atomic mass is 9.94. The van der Waals surface area contributed by atoms with Gasteiger partial charge in [0.05, 0.1) is 18.7 Å². The van der Waals surface area contributed by atoms with Gasteiger partial charge in [0.25, 0.3) is 0 Å². The van der Waals surface area contributed by atoms with Gasteiger partial charge in [-0.2, -0.15) is 4.98 Å². The SMILES string of the molecule is CC(C)(C)C(=O)Nc1ccc(Cn2c3ccccc3c3nc(N)nc(N)c32)c2c1CCCO2.CCCCCCO. The highest BCUT2D eigenvalue weighted by atomic mass is 16.5. The predicted molar refractivity (Wildman–Crippen MR) is 163 cm³/mol. The molecule has 2 aromatic carbocycles. The van der Waals surface area contributed by atoms with Crippen LogP contribution in [-0.2, 0) is 17.8 Å². The van der Waals surface area contributed by atoms with Gasteiger partial charge in [0.1, 0.15) is 16.8 Å². The number of nitrogens with two attached hydrogens (primary N) is 2. The van der Waals surface area contributed by atoms with Crippen LogP contribution in [0.2, 0.25) is 0 Å². The Morgan fingerprint density at radius 3 is 2.60 bits per heavy atom. The van der Waals surface area contributed by atoms with Crippen LogP contribution in [0.5, 0.6) is 5.75 Å². The second-order valence-electron chi connectivity index (χ2n) is 11.3. The standard InChI is InChI=1S/C25H28N6O2.C6H14O/c1-25(2,3)23(32)28-17-11-10-14(21-15(17)8-6-12-33-21)13-31-18-9-5-4-7-16(18)19-20(31)22(26)30-24(27)29-19;1-2-3-4-5-6-7/h4-5,7,9-11H,6,8,12-13H2,1-3H3,(H,28,32)(H4,26,27,29,30);7H,2-6H2,1H3. The fraction of sp³-hybridized carbons (Fsp3) is 0.452. The number of nitrogen functional groups attached to an aromatic ring is 2. The first-order valence-corrected chi connectivity index (χ1v) is 14.2. The molecule has 0 atom stereocenters. The maximum atomic E-state index is 12.6. The third kappa shape index (κ3) is 6.31. The number of ether oxygens (including phenoxy) is 1. The topological polar surface area (TPSA) is 141 Å². The van der Waals surface area contributed by atoms with Crippen LogP contribution in [0, 0.1) is 5.41 Å². The summed E-state index contributed by atoms with van der Waals surface area (Å²) < 4.78 is 8.25. The number of aliphatic hydroxyl groups is 1. The summed E-state index contributed by atoms with van der Waals surface area (Å²) >= 11 is 0. The average Bonchev–Trinajstić information content (AvgIpc) is 3.23. The van der Waals surface area contributed by atoms with Crippen LogP contribution >= 0.6 is 0 Å². The zero-order chi connectivity index (χ0) is 28.9. The van der Waals surface area contributed by atoms with E-state index in [0.717, 1.165) is 63.8 Å². The van der Waals surface area contributed by atoms with E-state index in [9.17, 15) is 4.79 Å². The second kappa shape index (κ2) is 12.6. The number of carbonyl (C=O) groups is 1. The molecule has 9 heteroatoms. The van der Waals surface area contributed by atoms with Gasteiger partial charge in [-0.25, -0.2) is 4.98 Å². The molecular weight excluding hydrogens is 504 g/mol. The van der Waals surface area contributed by atoms with Crippen molar-refractivity contribution in [3.8, 4) is 5.75 Å². The lowest BCUT2D eigenvalue weighted by Gasteiger charge is -2.25.